The summed E-state index contributed by atoms with van der Waals surface area (Å²) in [4.78, 5) is 4.47. The van der Waals surface area contributed by atoms with Gasteiger partial charge >= 0.3 is 0 Å². The number of hydrogen-bond donors (Lipinski definition) is 1. The molecule has 0 aliphatic carbocycles. The molecule has 2 rings (SSSR count). The van der Waals surface area contributed by atoms with Gasteiger partial charge in [0.1, 0.15) is 5.82 Å². The lowest BCUT2D eigenvalue weighted by Crippen LogP contribution is -2.07. The second kappa shape index (κ2) is 5.43. The molecule has 0 atom stereocenters. The van der Waals surface area contributed by atoms with Crippen molar-refractivity contribution in [3.63, 3.8) is 0 Å². The normalized spacial score (nSPS) is 11.1. The topological polar surface area (TPSA) is 29.9 Å². The van der Waals surface area contributed by atoms with E-state index in [9.17, 15) is 4.39 Å². The predicted molar refractivity (Wildman–Crippen MR) is 76.2 cm³/mol. The minimum absolute atomic E-state index is 0.188. The fraction of sp³-hybridized carbons (Fsp3) is 0.400. The summed E-state index contributed by atoms with van der Waals surface area (Å²) < 4.78 is 15.3. The summed E-state index contributed by atoms with van der Waals surface area (Å²) >= 11 is 0. The van der Waals surface area contributed by atoms with Crippen LogP contribution in [-0.2, 0) is 6.54 Å². The monoisotopic (exact) mass is 261 g/mol. The summed E-state index contributed by atoms with van der Waals surface area (Å²) in [5.74, 6) is 1.16. The maximum atomic E-state index is 13.2. The molecule has 19 heavy (non-hydrogen) atoms. The quantitative estimate of drug-likeness (QED) is 0.900. The number of imidazole rings is 1. The fourth-order valence-electron chi connectivity index (χ4n) is 2.03. The van der Waals surface area contributed by atoms with E-state index in [1.165, 1.54) is 6.07 Å². The molecule has 0 unspecified atom stereocenters. The number of rotatable bonds is 4. The van der Waals surface area contributed by atoms with E-state index >= 15 is 0 Å². The smallest absolute Gasteiger partial charge is 0.207 e. The molecule has 1 aromatic heterocycles. The summed E-state index contributed by atoms with van der Waals surface area (Å²) in [6.45, 7) is 8.97. The van der Waals surface area contributed by atoms with E-state index in [2.05, 4.69) is 28.7 Å². The minimum Gasteiger partial charge on any atom is -0.326 e. The molecule has 0 amide bonds. The van der Waals surface area contributed by atoms with Crippen LogP contribution >= 0.6 is 0 Å². The molecule has 2 aromatic rings. The number of benzene rings is 1. The van der Waals surface area contributed by atoms with Crippen molar-refractivity contribution in [2.45, 2.75) is 34.2 Å². The van der Waals surface area contributed by atoms with Gasteiger partial charge < -0.3 is 9.88 Å². The Bertz CT molecular complexity index is 573. The SMILES string of the molecule is Cc1cn(CC(C)C)c(Nc2ccc(F)c(C)c2)n1. The zero-order valence-corrected chi connectivity index (χ0v) is 11.9. The number of aryl methyl sites for hydroxylation is 2. The molecule has 0 fully saturated rings. The van der Waals surface area contributed by atoms with Crippen LogP contribution in [0.4, 0.5) is 16.0 Å². The van der Waals surface area contributed by atoms with Crippen LogP contribution in [0.25, 0.3) is 0 Å². The van der Waals surface area contributed by atoms with Gasteiger partial charge in [0.25, 0.3) is 0 Å². The van der Waals surface area contributed by atoms with Gasteiger partial charge in [0.15, 0.2) is 0 Å². The first-order valence-electron chi connectivity index (χ1n) is 6.52. The van der Waals surface area contributed by atoms with E-state index in [1.807, 2.05) is 13.1 Å². The van der Waals surface area contributed by atoms with Gasteiger partial charge in [0.05, 0.1) is 5.69 Å². The number of anilines is 2. The van der Waals surface area contributed by atoms with Crippen molar-refractivity contribution in [1.29, 1.82) is 0 Å². The summed E-state index contributed by atoms with van der Waals surface area (Å²) in [6.07, 6.45) is 2.03. The molecule has 0 radical (unpaired) electrons. The highest BCUT2D eigenvalue weighted by atomic mass is 19.1. The van der Waals surface area contributed by atoms with Gasteiger partial charge in [-0.3, -0.25) is 0 Å². The van der Waals surface area contributed by atoms with Gasteiger partial charge in [-0.05, 0) is 43.5 Å². The lowest BCUT2D eigenvalue weighted by molar-refractivity contribution is 0.527. The summed E-state index contributed by atoms with van der Waals surface area (Å²) in [5, 5.41) is 3.25. The van der Waals surface area contributed by atoms with Gasteiger partial charge in [-0.1, -0.05) is 13.8 Å². The minimum atomic E-state index is -0.188. The zero-order valence-electron chi connectivity index (χ0n) is 11.9. The second-order valence-corrected chi connectivity index (χ2v) is 5.34. The highest BCUT2D eigenvalue weighted by Gasteiger charge is 2.08. The molecular weight excluding hydrogens is 241 g/mol. The van der Waals surface area contributed by atoms with Crippen LogP contribution in [-0.4, -0.2) is 9.55 Å². The molecule has 3 nitrogen and oxygen atoms in total. The van der Waals surface area contributed by atoms with E-state index in [0.29, 0.717) is 11.5 Å². The Balaban J connectivity index is 2.24. The van der Waals surface area contributed by atoms with Crippen molar-refractivity contribution < 1.29 is 4.39 Å². The van der Waals surface area contributed by atoms with E-state index in [0.717, 1.165) is 23.9 Å². The third kappa shape index (κ3) is 3.34. The molecule has 1 N–H and O–H groups in total. The highest BCUT2D eigenvalue weighted by molar-refractivity contribution is 5.55. The number of halogens is 1. The highest BCUT2D eigenvalue weighted by Crippen LogP contribution is 2.20. The third-order valence-corrected chi connectivity index (χ3v) is 2.87. The molecule has 0 bridgehead atoms. The molecule has 4 heteroatoms. The predicted octanol–water partition coefficient (Wildman–Crippen LogP) is 4.04. The lowest BCUT2D eigenvalue weighted by atomic mass is 10.2. The Kier molecular flexibility index (Phi) is 3.88. The fourth-order valence-corrected chi connectivity index (χ4v) is 2.03. The molecule has 0 saturated carbocycles. The molecule has 1 aromatic carbocycles. The van der Waals surface area contributed by atoms with Crippen molar-refractivity contribution in [1.82, 2.24) is 9.55 Å². The number of hydrogen-bond acceptors (Lipinski definition) is 2. The summed E-state index contributed by atoms with van der Waals surface area (Å²) in [7, 11) is 0. The third-order valence-electron chi connectivity index (χ3n) is 2.87. The summed E-state index contributed by atoms with van der Waals surface area (Å²) in [6, 6.07) is 4.99. The van der Waals surface area contributed by atoms with E-state index in [-0.39, 0.29) is 5.82 Å². The van der Waals surface area contributed by atoms with Crippen LogP contribution in [0, 0.1) is 25.6 Å². The second-order valence-electron chi connectivity index (χ2n) is 5.34. The average molecular weight is 261 g/mol. The molecule has 102 valence electrons. The zero-order chi connectivity index (χ0) is 14.0. The van der Waals surface area contributed by atoms with Crippen LogP contribution in [0.3, 0.4) is 0 Å². The van der Waals surface area contributed by atoms with Crippen molar-refractivity contribution in [3.05, 3.63) is 41.5 Å². The molecule has 1 heterocycles. The van der Waals surface area contributed by atoms with E-state index in [4.69, 9.17) is 0 Å². The Labute approximate surface area is 113 Å². The van der Waals surface area contributed by atoms with Crippen molar-refractivity contribution >= 4 is 11.6 Å². The Morgan fingerprint density at radius 3 is 2.68 bits per heavy atom. The van der Waals surface area contributed by atoms with Crippen LogP contribution in [0.5, 0.6) is 0 Å². The van der Waals surface area contributed by atoms with Gasteiger partial charge in [-0.25, -0.2) is 9.37 Å². The van der Waals surface area contributed by atoms with Crippen LogP contribution < -0.4 is 5.32 Å². The van der Waals surface area contributed by atoms with Gasteiger partial charge in [0.2, 0.25) is 5.95 Å². The molecule has 0 aliphatic rings. The van der Waals surface area contributed by atoms with Crippen molar-refractivity contribution in [2.24, 2.45) is 5.92 Å². The van der Waals surface area contributed by atoms with Crippen LogP contribution in [0.2, 0.25) is 0 Å². The Morgan fingerprint density at radius 1 is 1.32 bits per heavy atom. The summed E-state index contributed by atoms with van der Waals surface area (Å²) in [5.41, 5.74) is 2.46. The lowest BCUT2D eigenvalue weighted by Gasteiger charge is -2.12. The maximum Gasteiger partial charge on any atom is 0.207 e. The van der Waals surface area contributed by atoms with Gasteiger partial charge in [-0.2, -0.15) is 0 Å². The Morgan fingerprint density at radius 2 is 2.05 bits per heavy atom. The molecule has 0 saturated heterocycles. The Hall–Kier alpha value is -1.84. The maximum absolute atomic E-state index is 13.2. The van der Waals surface area contributed by atoms with Gasteiger partial charge in [0, 0.05) is 18.4 Å². The first-order chi connectivity index (χ1) is 8.95. The van der Waals surface area contributed by atoms with Gasteiger partial charge in [-0.15, -0.1) is 0 Å². The first-order valence-corrected chi connectivity index (χ1v) is 6.52. The number of nitrogens with one attached hydrogen (secondary N) is 1. The van der Waals surface area contributed by atoms with Crippen molar-refractivity contribution in [3.8, 4) is 0 Å². The molecule has 0 spiro atoms. The van der Waals surface area contributed by atoms with Crippen LogP contribution in [0.1, 0.15) is 25.1 Å². The number of nitrogens with zero attached hydrogens (tertiary/aromatic N) is 2. The first kappa shape index (κ1) is 13.6. The van der Waals surface area contributed by atoms with Crippen LogP contribution in [0.15, 0.2) is 24.4 Å². The average Bonchev–Trinajstić information content (AvgIpc) is 2.63. The van der Waals surface area contributed by atoms with E-state index < -0.39 is 0 Å². The van der Waals surface area contributed by atoms with E-state index in [1.54, 1.807) is 19.1 Å². The number of aromatic nitrogens is 2. The van der Waals surface area contributed by atoms with Crippen molar-refractivity contribution in [2.75, 3.05) is 5.32 Å². The molecular formula is C15H20FN3. The standard InChI is InChI=1S/C15H20FN3/c1-10(2)8-19-9-12(4)17-15(19)18-13-5-6-14(16)11(3)7-13/h5-7,9-10H,8H2,1-4H3,(H,17,18). The largest absolute Gasteiger partial charge is 0.326 e. The molecule has 0 aliphatic heterocycles.